The Morgan fingerprint density at radius 3 is 2.60 bits per heavy atom. The second-order valence-electron chi connectivity index (χ2n) is 6.49. The number of carbonyl (C=O) groups is 1. The van der Waals surface area contributed by atoms with Crippen LogP contribution in [0.2, 0.25) is 0 Å². The first kappa shape index (κ1) is 16.8. The van der Waals surface area contributed by atoms with Crippen LogP contribution in [-0.4, -0.2) is 29.8 Å². The van der Waals surface area contributed by atoms with E-state index in [2.05, 4.69) is 23.6 Å². The molecule has 0 bridgehead atoms. The van der Waals surface area contributed by atoms with Gasteiger partial charge in [-0.3, -0.25) is 0 Å². The Hall–Kier alpha value is -1.28. The molecule has 1 amide bonds. The number of ether oxygens (including phenoxy) is 1. The second-order valence-corrected chi connectivity index (χ2v) is 6.49. The Balaban J connectivity index is 2.33. The van der Waals surface area contributed by atoms with Crippen molar-refractivity contribution in [3.63, 3.8) is 0 Å². The van der Waals surface area contributed by atoms with E-state index in [9.17, 15) is 4.79 Å². The normalized spacial score (nSPS) is 23.9. The van der Waals surface area contributed by atoms with Crippen LogP contribution in [-0.2, 0) is 4.74 Å². The van der Waals surface area contributed by atoms with Gasteiger partial charge in [-0.2, -0.15) is 5.26 Å². The molecule has 3 atom stereocenters. The third kappa shape index (κ3) is 6.25. The van der Waals surface area contributed by atoms with Crippen LogP contribution in [0.1, 0.15) is 59.8 Å². The Bertz CT molecular complexity index is 357. The van der Waals surface area contributed by atoms with Crippen LogP contribution in [0.5, 0.6) is 0 Å². The highest BCUT2D eigenvalue weighted by Crippen LogP contribution is 2.21. The zero-order chi connectivity index (χ0) is 15.2. The Morgan fingerprint density at radius 2 is 2.05 bits per heavy atom. The number of hydrogen-bond acceptors (Lipinski definition) is 4. The van der Waals surface area contributed by atoms with E-state index in [1.54, 1.807) is 0 Å². The highest BCUT2D eigenvalue weighted by Gasteiger charge is 2.28. The van der Waals surface area contributed by atoms with Crippen molar-refractivity contribution in [3.05, 3.63) is 0 Å². The van der Waals surface area contributed by atoms with Crippen molar-refractivity contribution >= 4 is 6.09 Å². The van der Waals surface area contributed by atoms with Gasteiger partial charge in [0.05, 0.1) is 12.5 Å². The van der Waals surface area contributed by atoms with Crippen molar-refractivity contribution in [1.82, 2.24) is 10.6 Å². The molecule has 3 unspecified atom stereocenters. The van der Waals surface area contributed by atoms with E-state index in [0.717, 1.165) is 25.7 Å². The number of nitrogens with one attached hydrogen (secondary N) is 2. The predicted octanol–water partition coefficient (Wildman–Crippen LogP) is 2.71. The minimum absolute atomic E-state index is 0.168. The Labute approximate surface area is 122 Å². The number of carbonyl (C=O) groups excluding carboxylic acids is 1. The van der Waals surface area contributed by atoms with Gasteiger partial charge < -0.3 is 15.4 Å². The molecule has 2 N–H and O–H groups in total. The second kappa shape index (κ2) is 7.49. The largest absolute Gasteiger partial charge is 0.444 e. The SMILES string of the molecule is CCC(CC#N)NC1CCC(NC(=O)OC(C)(C)C)C1. The van der Waals surface area contributed by atoms with E-state index >= 15 is 0 Å². The number of nitriles is 1. The van der Waals surface area contributed by atoms with Gasteiger partial charge >= 0.3 is 6.09 Å². The van der Waals surface area contributed by atoms with Crippen molar-refractivity contribution in [2.24, 2.45) is 0 Å². The highest BCUT2D eigenvalue weighted by molar-refractivity contribution is 5.68. The molecule has 1 aliphatic carbocycles. The number of amides is 1. The summed E-state index contributed by atoms with van der Waals surface area (Å²) in [6, 6.07) is 3.02. The Morgan fingerprint density at radius 1 is 1.40 bits per heavy atom. The molecule has 0 aromatic heterocycles. The van der Waals surface area contributed by atoms with E-state index in [1.807, 2.05) is 20.8 Å². The van der Waals surface area contributed by atoms with Crippen molar-refractivity contribution in [2.75, 3.05) is 0 Å². The fraction of sp³-hybridized carbons (Fsp3) is 0.867. The van der Waals surface area contributed by atoms with Gasteiger partial charge in [-0.05, 0) is 46.5 Å². The van der Waals surface area contributed by atoms with Gasteiger partial charge in [0, 0.05) is 18.1 Å². The zero-order valence-electron chi connectivity index (χ0n) is 13.0. The lowest BCUT2D eigenvalue weighted by Gasteiger charge is -2.22. The molecule has 5 heteroatoms. The molecule has 1 rings (SSSR count). The minimum atomic E-state index is -0.458. The van der Waals surface area contributed by atoms with E-state index < -0.39 is 5.60 Å². The smallest absolute Gasteiger partial charge is 0.407 e. The molecule has 0 aromatic rings. The average molecular weight is 281 g/mol. The summed E-state index contributed by atoms with van der Waals surface area (Å²) in [5.41, 5.74) is -0.458. The molecule has 0 heterocycles. The average Bonchev–Trinajstić information content (AvgIpc) is 2.73. The van der Waals surface area contributed by atoms with Crippen molar-refractivity contribution in [2.45, 2.75) is 83.5 Å². The Kier molecular flexibility index (Phi) is 6.28. The van der Waals surface area contributed by atoms with E-state index in [4.69, 9.17) is 10.00 Å². The molecule has 114 valence electrons. The summed E-state index contributed by atoms with van der Waals surface area (Å²) in [6.07, 6.45) is 4.04. The van der Waals surface area contributed by atoms with Gasteiger partial charge in [0.15, 0.2) is 0 Å². The van der Waals surface area contributed by atoms with Crippen LogP contribution in [0.4, 0.5) is 4.79 Å². The maximum absolute atomic E-state index is 11.7. The summed E-state index contributed by atoms with van der Waals surface area (Å²) >= 11 is 0. The quantitative estimate of drug-likeness (QED) is 0.812. The molecular formula is C15H27N3O2. The maximum Gasteiger partial charge on any atom is 0.407 e. The van der Waals surface area contributed by atoms with Gasteiger partial charge in [0.1, 0.15) is 5.60 Å². The molecule has 1 saturated carbocycles. The molecule has 0 aromatic carbocycles. The van der Waals surface area contributed by atoms with Crippen LogP contribution in [0.3, 0.4) is 0 Å². The summed E-state index contributed by atoms with van der Waals surface area (Å²) < 4.78 is 5.26. The number of rotatable bonds is 5. The summed E-state index contributed by atoms with van der Waals surface area (Å²) in [4.78, 5) is 11.7. The molecule has 0 aliphatic heterocycles. The minimum Gasteiger partial charge on any atom is -0.444 e. The van der Waals surface area contributed by atoms with Crippen LogP contribution >= 0.6 is 0 Å². The van der Waals surface area contributed by atoms with E-state index in [0.29, 0.717) is 12.5 Å². The number of alkyl carbamates (subject to hydrolysis) is 1. The summed E-state index contributed by atoms with van der Waals surface area (Å²) in [6.45, 7) is 7.67. The fourth-order valence-electron chi connectivity index (χ4n) is 2.50. The monoisotopic (exact) mass is 281 g/mol. The lowest BCUT2D eigenvalue weighted by molar-refractivity contribution is 0.0505. The van der Waals surface area contributed by atoms with Crippen LogP contribution in [0, 0.1) is 11.3 Å². The van der Waals surface area contributed by atoms with Crippen molar-refractivity contribution in [1.29, 1.82) is 5.26 Å². The van der Waals surface area contributed by atoms with Crippen LogP contribution < -0.4 is 10.6 Å². The third-order valence-electron chi connectivity index (χ3n) is 3.46. The van der Waals surface area contributed by atoms with E-state index in [1.165, 1.54) is 0 Å². The fourth-order valence-corrected chi connectivity index (χ4v) is 2.50. The summed E-state index contributed by atoms with van der Waals surface area (Å²) in [5.74, 6) is 0. The highest BCUT2D eigenvalue weighted by atomic mass is 16.6. The topological polar surface area (TPSA) is 74.2 Å². The summed E-state index contributed by atoms with van der Waals surface area (Å²) in [5, 5.41) is 15.2. The third-order valence-corrected chi connectivity index (χ3v) is 3.46. The first-order valence-corrected chi connectivity index (χ1v) is 7.46. The molecular weight excluding hydrogens is 254 g/mol. The van der Waals surface area contributed by atoms with Gasteiger partial charge in [-0.25, -0.2) is 4.79 Å². The molecule has 1 aliphatic rings. The number of hydrogen-bond donors (Lipinski definition) is 2. The lowest BCUT2D eigenvalue weighted by Crippen LogP contribution is -2.40. The molecule has 1 fully saturated rings. The van der Waals surface area contributed by atoms with Crippen LogP contribution in [0.25, 0.3) is 0 Å². The van der Waals surface area contributed by atoms with Crippen molar-refractivity contribution in [3.8, 4) is 6.07 Å². The standard InChI is InChI=1S/C15H27N3O2/c1-5-11(8-9-16)17-12-6-7-13(10-12)18-14(19)20-15(2,3)4/h11-13,17H,5-8,10H2,1-4H3,(H,18,19). The summed E-state index contributed by atoms with van der Waals surface area (Å²) in [7, 11) is 0. The lowest BCUT2D eigenvalue weighted by atomic mass is 10.1. The molecule has 5 nitrogen and oxygen atoms in total. The first-order valence-electron chi connectivity index (χ1n) is 7.46. The van der Waals surface area contributed by atoms with Crippen LogP contribution in [0.15, 0.2) is 0 Å². The maximum atomic E-state index is 11.7. The zero-order valence-corrected chi connectivity index (χ0v) is 13.0. The van der Waals surface area contributed by atoms with Crippen molar-refractivity contribution < 1.29 is 9.53 Å². The molecule has 0 spiro atoms. The molecule has 0 radical (unpaired) electrons. The van der Waals surface area contributed by atoms with Gasteiger partial charge in [0.2, 0.25) is 0 Å². The van der Waals surface area contributed by atoms with Gasteiger partial charge in [0.25, 0.3) is 0 Å². The van der Waals surface area contributed by atoms with Gasteiger partial charge in [-0.15, -0.1) is 0 Å². The molecule has 0 saturated heterocycles. The molecule has 20 heavy (non-hydrogen) atoms. The predicted molar refractivity (Wildman–Crippen MR) is 78.2 cm³/mol. The van der Waals surface area contributed by atoms with E-state index in [-0.39, 0.29) is 18.2 Å². The number of nitrogens with zero attached hydrogens (tertiary/aromatic N) is 1. The first-order chi connectivity index (χ1) is 9.34. The van der Waals surface area contributed by atoms with Gasteiger partial charge in [-0.1, -0.05) is 6.92 Å².